The van der Waals surface area contributed by atoms with Gasteiger partial charge in [0.15, 0.2) is 17.5 Å². The zero-order chi connectivity index (χ0) is 38.1. The van der Waals surface area contributed by atoms with Crippen LogP contribution in [-0.4, -0.2) is 15.0 Å². The van der Waals surface area contributed by atoms with Crippen LogP contribution in [0.1, 0.15) is 6.85 Å². The fraction of sp³-hybridized carbons (Fsp3) is 0. The van der Waals surface area contributed by atoms with Gasteiger partial charge in [0.05, 0.1) is 6.85 Å². The van der Waals surface area contributed by atoms with E-state index in [0.29, 0.717) is 45.2 Å². The Morgan fingerprint density at radius 2 is 1.06 bits per heavy atom. The summed E-state index contributed by atoms with van der Waals surface area (Å²) in [6.07, 6.45) is 0. The number of hydrogen-bond acceptors (Lipinski definition) is 4. The molecule has 4 heteroatoms. The first-order valence-corrected chi connectivity index (χ1v) is 16.7. The van der Waals surface area contributed by atoms with Crippen LogP contribution in [0.2, 0.25) is 0 Å². The fourth-order valence-corrected chi connectivity index (χ4v) is 7.05. The lowest BCUT2D eigenvalue weighted by atomic mass is 9.94. The predicted octanol–water partition coefficient (Wildman–Crippen LogP) is 12.4. The van der Waals surface area contributed by atoms with E-state index in [1.807, 2.05) is 115 Å². The van der Waals surface area contributed by atoms with Gasteiger partial charge in [-0.25, -0.2) is 15.0 Å². The van der Waals surface area contributed by atoms with E-state index in [0.717, 1.165) is 49.2 Å². The minimum Gasteiger partial charge on any atom is -0.455 e. The first-order chi connectivity index (χ1) is 27.4. The lowest BCUT2D eigenvalue weighted by Crippen LogP contribution is -2.01. The molecule has 10 rings (SSSR count). The van der Waals surface area contributed by atoms with E-state index in [9.17, 15) is 0 Å². The minimum absolute atomic E-state index is 0.0661. The van der Waals surface area contributed by atoms with Gasteiger partial charge in [0.2, 0.25) is 0 Å². The number of fused-ring (bicyclic) bond motifs is 6. The summed E-state index contributed by atoms with van der Waals surface area (Å²) in [5.74, 6) is 1.47. The molecule has 0 fully saturated rings. The van der Waals surface area contributed by atoms with Crippen LogP contribution < -0.4 is 0 Å². The molecule has 0 aliphatic rings. The Bertz CT molecular complexity index is 3170. The summed E-state index contributed by atoms with van der Waals surface area (Å²) < 4.78 is 49.7. The molecule has 0 amide bonds. The third-order valence-corrected chi connectivity index (χ3v) is 9.39. The van der Waals surface area contributed by atoms with E-state index >= 15 is 0 Å². The lowest BCUT2D eigenvalue weighted by molar-refractivity contribution is 0.670. The molecule has 238 valence electrons. The van der Waals surface area contributed by atoms with E-state index < -0.39 is 18.1 Å². The average Bonchev–Trinajstić information content (AvgIpc) is 3.64. The smallest absolute Gasteiger partial charge is 0.164 e. The highest BCUT2D eigenvalue weighted by Crippen LogP contribution is 2.43. The first kappa shape index (κ1) is 24.3. The van der Waals surface area contributed by atoms with Crippen molar-refractivity contribution in [1.29, 1.82) is 0 Å². The molecule has 0 aliphatic heterocycles. The van der Waals surface area contributed by atoms with Crippen molar-refractivity contribution in [2.75, 3.05) is 0 Å². The Balaban J connectivity index is 1.30. The highest BCUT2D eigenvalue weighted by Gasteiger charge is 2.21. The summed E-state index contributed by atoms with van der Waals surface area (Å²) in [6, 6.07) is 46.0. The van der Waals surface area contributed by atoms with Crippen LogP contribution in [-0.2, 0) is 0 Å². The SMILES string of the molecule is [2H]c1c([2H])c([2H])c(-c2cc(-c3ccccc3)cc3c2oc2cccc(-c4nc(-c5ccccc5)nc(-c5cc6ccccc6c6ccccc56)n4)c23)c([2H])c1[2H]. The molecule has 0 spiro atoms. The van der Waals surface area contributed by atoms with Gasteiger partial charge < -0.3 is 4.42 Å². The molecular weight excluding hydrogens is 623 g/mol. The molecule has 0 aliphatic carbocycles. The van der Waals surface area contributed by atoms with Crippen molar-refractivity contribution in [2.45, 2.75) is 0 Å². The predicted molar refractivity (Wildman–Crippen MR) is 209 cm³/mol. The third-order valence-electron chi connectivity index (χ3n) is 9.39. The summed E-state index contributed by atoms with van der Waals surface area (Å²) in [4.78, 5) is 15.4. The molecule has 0 N–H and O–H groups in total. The van der Waals surface area contributed by atoms with Crippen LogP contribution in [0, 0.1) is 0 Å². The monoisotopic (exact) mass is 656 g/mol. The zero-order valence-electron chi connectivity index (χ0n) is 32.1. The van der Waals surface area contributed by atoms with E-state index in [2.05, 4.69) is 30.3 Å². The second-order valence-corrected chi connectivity index (χ2v) is 12.4. The van der Waals surface area contributed by atoms with Gasteiger partial charge >= 0.3 is 0 Å². The second kappa shape index (κ2) is 11.9. The molecule has 51 heavy (non-hydrogen) atoms. The van der Waals surface area contributed by atoms with Crippen molar-refractivity contribution in [3.63, 3.8) is 0 Å². The Morgan fingerprint density at radius 3 is 1.84 bits per heavy atom. The van der Waals surface area contributed by atoms with Gasteiger partial charge in [-0.3, -0.25) is 0 Å². The van der Waals surface area contributed by atoms with Crippen molar-refractivity contribution >= 4 is 43.5 Å². The van der Waals surface area contributed by atoms with E-state index in [-0.39, 0.29) is 17.6 Å². The average molecular weight is 657 g/mol. The fourth-order valence-electron chi connectivity index (χ4n) is 7.05. The molecule has 0 radical (unpaired) electrons. The summed E-state index contributed by atoms with van der Waals surface area (Å²) in [5, 5.41) is 5.75. The largest absolute Gasteiger partial charge is 0.455 e. The number of aromatic nitrogens is 3. The maximum atomic E-state index is 8.91. The topological polar surface area (TPSA) is 51.8 Å². The van der Waals surface area contributed by atoms with Gasteiger partial charge in [-0.1, -0.05) is 152 Å². The number of hydrogen-bond donors (Lipinski definition) is 0. The van der Waals surface area contributed by atoms with E-state index in [1.165, 1.54) is 0 Å². The maximum Gasteiger partial charge on any atom is 0.164 e. The standard InChI is InChI=1S/C47H29N3O/c1-4-15-30(16-5-1)34-28-39(31-17-6-2-7-18-31)44-41(29-34)43-38(25-14-26-42(43)51-44)46-48-45(32-19-8-3-9-20-32)49-47(50-46)40-27-33-21-10-11-22-35(33)36-23-12-13-24-37(36)40/h1-29H/i2D,6D,7D,17D,18D. The molecule has 4 nitrogen and oxygen atoms in total. The Labute approximate surface area is 301 Å². The molecule has 2 aromatic heterocycles. The number of nitrogens with zero attached hydrogens (tertiary/aromatic N) is 3. The highest BCUT2D eigenvalue weighted by molar-refractivity contribution is 6.17. The van der Waals surface area contributed by atoms with Crippen LogP contribution in [0.3, 0.4) is 0 Å². The summed E-state index contributed by atoms with van der Waals surface area (Å²) in [7, 11) is 0. The normalized spacial score (nSPS) is 12.9. The summed E-state index contributed by atoms with van der Waals surface area (Å²) in [6.45, 7) is 0. The van der Waals surface area contributed by atoms with Gasteiger partial charge in [-0.05, 0) is 62.5 Å². The summed E-state index contributed by atoms with van der Waals surface area (Å²) in [5.41, 5.74) is 5.48. The number of rotatable bonds is 5. The molecule has 0 saturated heterocycles. The third kappa shape index (κ3) is 4.96. The molecule has 0 bridgehead atoms. The van der Waals surface area contributed by atoms with Gasteiger partial charge in [0, 0.05) is 33.0 Å². The molecule has 10 aromatic rings. The summed E-state index contributed by atoms with van der Waals surface area (Å²) >= 11 is 0. The Morgan fingerprint density at radius 1 is 0.412 bits per heavy atom. The highest BCUT2D eigenvalue weighted by atomic mass is 16.3. The Hall–Kier alpha value is -6.91. The molecule has 0 atom stereocenters. The minimum atomic E-state index is -0.454. The molecular formula is C47H29N3O. The number of furan rings is 1. The zero-order valence-corrected chi connectivity index (χ0v) is 27.1. The number of benzene rings is 8. The molecule has 0 unspecified atom stereocenters. The van der Waals surface area contributed by atoms with Gasteiger partial charge in [-0.2, -0.15) is 0 Å². The van der Waals surface area contributed by atoms with Gasteiger partial charge in [-0.15, -0.1) is 0 Å². The molecule has 2 heterocycles. The van der Waals surface area contributed by atoms with Crippen LogP contribution >= 0.6 is 0 Å². The van der Waals surface area contributed by atoms with Crippen LogP contribution in [0.15, 0.2) is 180 Å². The maximum absolute atomic E-state index is 8.91. The van der Waals surface area contributed by atoms with Crippen LogP contribution in [0.5, 0.6) is 0 Å². The molecule has 8 aromatic carbocycles. The molecule has 0 saturated carbocycles. The van der Waals surface area contributed by atoms with E-state index in [4.69, 9.17) is 26.2 Å². The lowest BCUT2D eigenvalue weighted by Gasteiger charge is -2.13. The van der Waals surface area contributed by atoms with E-state index in [1.54, 1.807) is 0 Å². The van der Waals surface area contributed by atoms with Crippen LogP contribution in [0.4, 0.5) is 0 Å². The van der Waals surface area contributed by atoms with Crippen molar-refractivity contribution < 1.29 is 11.3 Å². The Kier molecular flexibility index (Phi) is 5.66. The van der Waals surface area contributed by atoms with Crippen LogP contribution in [0.25, 0.3) is 99.9 Å². The van der Waals surface area contributed by atoms with Crippen molar-refractivity contribution in [1.82, 2.24) is 15.0 Å². The second-order valence-electron chi connectivity index (χ2n) is 12.4. The van der Waals surface area contributed by atoms with Gasteiger partial charge in [0.25, 0.3) is 0 Å². The van der Waals surface area contributed by atoms with Crippen molar-refractivity contribution in [3.05, 3.63) is 176 Å². The quantitative estimate of drug-likeness (QED) is 0.173. The first-order valence-electron chi connectivity index (χ1n) is 19.2. The van der Waals surface area contributed by atoms with Crippen molar-refractivity contribution in [2.24, 2.45) is 0 Å². The van der Waals surface area contributed by atoms with Gasteiger partial charge in [0.1, 0.15) is 11.2 Å². The van der Waals surface area contributed by atoms with Crippen molar-refractivity contribution in [3.8, 4) is 56.4 Å².